The Hall–Kier alpha value is -2.47. The van der Waals surface area contributed by atoms with E-state index in [1.165, 1.54) is 0 Å². The fraction of sp³-hybridized carbons (Fsp3) is 0.0625. The Morgan fingerprint density at radius 2 is 1.95 bits per heavy atom. The second-order valence-electron chi connectivity index (χ2n) is 4.77. The quantitative estimate of drug-likeness (QED) is 0.677. The van der Waals surface area contributed by atoms with E-state index in [2.05, 4.69) is 31.1 Å². The molecule has 1 aromatic heterocycles. The smallest absolute Gasteiger partial charge is 0.269 e. The van der Waals surface area contributed by atoms with Crippen molar-refractivity contribution in [2.75, 3.05) is 0 Å². The first-order valence-corrected chi connectivity index (χ1v) is 7.41. The minimum absolute atomic E-state index is 0.107. The van der Waals surface area contributed by atoms with Crippen LogP contribution in [0.1, 0.15) is 5.56 Å². The normalized spacial score (nSPS) is 11.3. The van der Waals surface area contributed by atoms with E-state index in [0.717, 1.165) is 15.6 Å². The van der Waals surface area contributed by atoms with Crippen molar-refractivity contribution in [1.29, 1.82) is 0 Å². The lowest BCUT2D eigenvalue weighted by Gasteiger charge is -1.95. The number of aromatic nitrogens is 1. The fourth-order valence-electron chi connectivity index (χ4n) is 2.15. The predicted octanol–water partition coefficient (Wildman–Crippen LogP) is 4.49. The van der Waals surface area contributed by atoms with Crippen molar-refractivity contribution in [2.24, 2.45) is 10.2 Å². The number of carbonyl (C=O) groups is 1. The number of fused-ring (bicyclic) bond motifs is 1. The van der Waals surface area contributed by atoms with Gasteiger partial charge in [0.05, 0.1) is 11.9 Å². The number of azo groups is 1. The van der Waals surface area contributed by atoms with Gasteiger partial charge in [0, 0.05) is 9.86 Å². The van der Waals surface area contributed by atoms with E-state index in [1.54, 1.807) is 0 Å². The lowest BCUT2D eigenvalue weighted by atomic mass is 10.1. The van der Waals surface area contributed by atoms with Crippen molar-refractivity contribution < 1.29 is 9.90 Å². The van der Waals surface area contributed by atoms with E-state index in [0.29, 0.717) is 5.39 Å². The van der Waals surface area contributed by atoms with Crippen molar-refractivity contribution >= 4 is 38.4 Å². The van der Waals surface area contributed by atoms with Crippen LogP contribution in [0.3, 0.4) is 0 Å². The van der Waals surface area contributed by atoms with Crippen molar-refractivity contribution in [3.8, 4) is 5.88 Å². The molecule has 2 N–H and O–H groups in total. The van der Waals surface area contributed by atoms with Gasteiger partial charge in [0.25, 0.3) is 5.91 Å². The van der Waals surface area contributed by atoms with Crippen LogP contribution in [0.15, 0.2) is 63.2 Å². The lowest BCUT2D eigenvalue weighted by molar-refractivity contribution is -0.117. The molecule has 0 aliphatic carbocycles. The first-order valence-electron chi connectivity index (χ1n) is 6.62. The summed E-state index contributed by atoms with van der Waals surface area (Å²) in [7, 11) is 0. The number of amides is 1. The topological polar surface area (TPSA) is 77.8 Å². The Morgan fingerprint density at radius 1 is 1.18 bits per heavy atom. The first kappa shape index (κ1) is 14.5. The molecule has 22 heavy (non-hydrogen) atoms. The van der Waals surface area contributed by atoms with Gasteiger partial charge in [-0.1, -0.05) is 46.3 Å². The minimum atomic E-state index is -0.366. The average molecular weight is 358 g/mol. The molecule has 0 spiro atoms. The molecule has 0 saturated heterocycles. The van der Waals surface area contributed by atoms with Gasteiger partial charge >= 0.3 is 0 Å². The third-order valence-corrected chi connectivity index (χ3v) is 3.67. The molecule has 0 fully saturated rings. The third kappa shape index (κ3) is 3.07. The van der Waals surface area contributed by atoms with Gasteiger partial charge < -0.3 is 10.1 Å². The summed E-state index contributed by atoms with van der Waals surface area (Å²) >= 11 is 3.37. The van der Waals surface area contributed by atoms with Gasteiger partial charge in [0.1, 0.15) is 0 Å². The number of hydrogen-bond acceptors (Lipinski definition) is 3. The van der Waals surface area contributed by atoms with Gasteiger partial charge in [0.15, 0.2) is 5.69 Å². The van der Waals surface area contributed by atoms with E-state index in [4.69, 9.17) is 0 Å². The summed E-state index contributed by atoms with van der Waals surface area (Å²) in [5, 5.41) is 18.2. The molecule has 0 aliphatic heterocycles. The van der Waals surface area contributed by atoms with Gasteiger partial charge in [-0.3, -0.25) is 4.79 Å². The molecule has 0 aliphatic rings. The molecule has 0 bridgehead atoms. The molecule has 0 atom stereocenters. The molecule has 0 unspecified atom stereocenters. The SMILES string of the molecule is O=C(Cc1ccccc1)N=Nc1c(O)[nH]c2ccc(Br)cc12. The zero-order valence-electron chi connectivity index (χ0n) is 11.5. The van der Waals surface area contributed by atoms with E-state index in [9.17, 15) is 9.90 Å². The van der Waals surface area contributed by atoms with Crippen LogP contribution in [-0.2, 0) is 11.2 Å². The van der Waals surface area contributed by atoms with Gasteiger partial charge in [-0.25, -0.2) is 0 Å². The molecule has 1 heterocycles. The highest BCUT2D eigenvalue weighted by atomic mass is 79.9. The van der Waals surface area contributed by atoms with Crippen LogP contribution in [0.4, 0.5) is 5.69 Å². The van der Waals surface area contributed by atoms with Crippen LogP contribution < -0.4 is 0 Å². The van der Waals surface area contributed by atoms with E-state index < -0.39 is 0 Å². The number of aromatic hydroxyl groups is 1. The maximum atomic E-state index is 11.9. The largest absolute Gasteiger partial charge is 0.493 e. The molecule has 0 radical (unpaired) electrons. The highest BCUT2D eigenvalue weighted by Gasteiger charge is 2.11. The fourth-order valence-corrected chi connectivity index (χ4v) is 2.51. The number of aromatic amines is 1. The molecule has 5 nitrogen and oxygen atoms in total. The zero-order valence-corrected chi connectivity index (χ0v) is 13.0. The molecular formula is C16H12BrN3O2. The minimum Gasteiger partial charge on any atom is -0.493 e. The van der Waals surface area contributed by atoms with Gasteiger partial charge in [-0.05, 0) is 23.8 Å². The second-order valence-corrected chi connectivity index (χ2v) is 5.68. The maximum absolute atomic E-state index is 11.9. The van der Waals surface area contributed by atoms with E-state index in [-0.39, 0.29) is 23.9 Å². The van der Waals surface area contributed by atoms with Crippen molar-refractivity contribution in [2.45, 2.75) is 6.42 Å². The number of benzene rings is 2. The number of carbonyl (C=O) groups excluding carboxylic acids is 1. The highest BCUT2D eigenvalue weighted by Crippen LogP contribution is 2.36. The van der Waals surface area contributed by atoms with Gasteiger partial charge in [-0.2, -0.15) is 0 Å². The molecule has 3 aromatic rings. The standard InChI is InChI=1S/C16H12BrN3O2/c17-11-6-7-13-12(9-11)15(16(22)18-13)20-19-14(21)8-10-4-2-1-3-5-10/h1-7,9,18,22H,8H2. The predicted molar refractivity (Wildman–Crippen MR) is 87.3 cm³/mol. The Morgan fingerprint density at radius 3 is 2.73 bits per heavy atom. The Balaban J connectivity index is 1.85. The van der Waals surface area contributed by atoms with Gasteiger partial charge in [0.2, 0.25) is 5.88 Å². The van der Waals surface area contributed by atoms with Crippen LogP contribution in [0.25, 0.3) is 10.9 Å². The number of nitrogens with one attached hydrogen (secondary N) is 1. The molecule has 110 valence electrons. The average Bonchev–Trinajstić information content (AvgIpc) is 2.81. The molecular weight excluding hydrogens is 346 g/mol. The van der Waals surface area contributed by atoms with Crippen LogP contribution in [0.2, 0.25) is 0 Å². The van der Waals surface area contributed by atoms with Gasteiger partial charge in [-0.15, -0.1) is 10.2 Å². The van der Waals surface area contributed by atoms with Crippen molar-refractivity contribution in [1.82, 2.24) is 4.98 Å². The number of rotatable bonds is 3. The Bertz CT molecular complexity index is 856. The molecule has 0 saturated carbocycles. The van der Waals surface area contributed by atoms with Crippen molar-refractivity contribution in [3.05, 3.63) is 58.6 Å². The molecule has 6 heteroatoms. The summed E-state index contributed by atoms with van der Waals surface area (Å²) in [5.41, 5.74) is 1.86. The Labute approximate surface area is 134 Å². The zero-order chi connectivity index (χ0) is 15.5. The third-order valence-electron chi connectivity index (χ3n) is 3.17. The summed E-state index contributed by atoms with van der Waals surface area (Å²) in [6.07, 6.45) is 0.178. The highest BCUT2D eigenvalue weighted by molar-refractivity contribution is 9.10. The summed E-state index contributed by atoms with van der Waals surface area (Å²) in [5.74, 6) is -0.473. The number of hydrogen-bond donors (Lipinski definition) is 2. The summed E-state index contributed by atoms with van der Waals surface area (Å²) < 4.78 is 0.853. The number of H-pyrrole nitrogens is 1. The molecule has 1 amide bonds. The lowest BCUT2D eigenvalue weighted by Crippen LogP contribution is -1.97. The molecule has 2 aromatic carbocycles. The van der Waals surface area contributed by atoms with E-state index in [1.807, 2.05) is 48.5 Å². The molecule has 3 rings (SSSR count). The van der Waals surface area contributed by atoms with Crippen LogP contribution in [-0.4, -0.2) is 16.0 Å². The Kier molecular flexibility index (Phi) is 4.02. The maximum Gasteiger partial charge on any atom is 0.269 e. The summed E-state index contributed by atoms with van der Waals surface area (Å²) in [4.78, 5) is 14.7. The van der Waals surface area contributed by atoms with Crippen molar-refractivity contribution in [3.63, 3.8) is 0 Å². The number of halogens is 1. The van der Waals surface area contributed by atoms with Crippen LogP contribution in [0, 0.1) is 0 Å². The van der Waals surface area contributed by atoms with Crippen LogP contribution in [0.5, 0.6) is 5.88 Å². The monoisotopic (exact) mass is 357 g/mol. The number of nitrogens with zero attached hydrogens (tertiary/aromatic N) is 2. The first-order chi connectivity index (χ1) is 10.6. The second kappa shape index (κ2) is 6.11. The summed E-state index contributed by atoms with van der Waals surface area (Å²) in [6, 6.07) is 14.8. The van der Waals surface area contributed by atoms with Crippen LogP contribution >= 0.6 is 15.9 Å². The van der Waals surface area contributed by atoms with E-state index >= 15 is 0 Å². The summed E-state index contributed by atoms with van der Waals surface area (Å²) in [6.45, 7) is 0.